The largest absolute Gasteiger partial charge is 0.469 e. The van der Waals surface area contributed by atoms with E-state index in [4.69, 9.17) is 0 Å². The summed E-state index contributed by atoms with van der Waals surface area (Å²) < 4.78 is 4.42. The number of rotatable bonds is 5. The maximum atomic E-state index is 11.1. The second-order valence-corrected chi connectivity index (χ2v) is 2.50. The average Bonchev–Trinajstić information content (AvgIpc) is 2.15. The van der Waals surface area contributed by atoms with Crippen LogP contribution in [-0.4, -0.2) is 38.2 Å². The van der Waals surface area contributed by atoms with Crippen LogP contribution >= 0.6 is 0 Å². The zero-order valence-corrected chi connectivity index (χ0v) is 8.20. The first-order valence-corrected chi connectivity index (χ1v) is 3.99. The standard InChI is InChI=1S/C8H15NO4/c1-9(13-3)7(10)5-4-6-8(11)12-2/h4-6H2,1-3H3. The summed E-state index contributed by atoms with van der Waals surface area (Å²) in [5.41, 5.74) is 0. The lowest BCUT2D eigenvalue weighted by molar-refractivity contribution is -0.168. The van der Waals surface area contributed by atoms with Crippen LogP contribution in [0.4, 0.5) is 0 Å². The molecule has 0 aromatic carbocycles. The SMILES string of the molecule is COC(=O)CCCC(=O)N(C)OC. The van der Waals surface area contributed by atoms with Crippen molar-refractivity contribution in [2.24, 2.45) is 0 Å². The minimum absolute atomic E-state index is 0.147. The van der Waals surface area contributed by atoms with E-state index in [1.165, 1.54) is 21.3 Å². The lowest BCUT2D eigenvalue weighted by Crippen LogP contribution is -2.25. The van der Waals surface area contributed by atoms with Gasteiger partial charge in [-0.3, -0.25) is 14.4 Å². The zero-order valence-electron chi connectivity index (χ0n) is 8.20. The number of ether oxygens (including phenoxy) is 1. The fraction of sp³-hybridized carbons (Fsp3) is 0.750. The molecule has 0 saturated carbocycles. The van der Waals surface area contributed by atoms with Crippen molar-refractivity contribution in [2.45, 2.75) is 19.3 Å². The van der Waals surface area contributed by atoms with Crippen LogP contribution in [0.2, 0.25) is 0 Å². The molecule has 0 fully saturated rings. The molecule has 0 aliphatic heterocycles. The van der Waals surface area contributed by atoms with E-state index in [1.807, 2.05) is 0 Å². The smallest absolute Gasteiger partial charge is 0.305 e. The van der Waals surface area contributed by atoms with Gasteiger partial charge in [-0.2, -0.15) is 0 Å². The molecule has 0 N–H and O–H groups in total. The molecular weight excluding hydrogens is 174 g/mol. The predicted molar refractivity (Wildman–Crippen MR) is 45.6 cm³/mol. The third-order valence-corrected chi connectivity index (χ3v) is 1.62. The Morgan fingerprint density at radius 2 is 1.85 bits per heavy atom. The van der Waals surface area contributed by atoms with Crippen LogP contribution in [0.3, 0.4) is 0 Å². The molecule has 0 radical (unpaired) electrons. The van der Waals surface area contributed by atoms with Gasteiger partial charge in [-0.15, -0.1) is 0 Å². The predicted octanol–water partition coefficient (Wildman–Crippen LogP) is 0.349. The van der Waals surface area contributed by atoms with Crippen molar-refractivity contribution in [3.63, 3.8) is 0 Å². The molecule has 0 bridgehead atoms. The lowest BCUT2D eigenvalue weighted by Gasteiger charge is -2.12. The molecule has 5 heteroatoms. The molecule has 0 aliphatic carbocycles. The fourth-order valence-electron chi connectivity index (χ4n) is 0.745. The molecule has 0 unspecified atom stereocenters. The molecule has 0 aliphatic rings. The highest BCUT2D eigenvalue weighted by Gasteiger charge is 2.08. The molecule has 0 aromatic rings. The lowest BCUT2D eigenvalue weighted by atomic mass is 10.2. The average molecular weight is 189 g/mol. The van der Waals surface area contributed by atoms with Crippen molar-refractivity contribution >= 4 is 11.9 Å². The van der Waals surface area contributed by atoms with Gasteiger partial charge in [0.2, 0.25) is 5.91 Å². The second-order valence-electron chi connectivity index (χ2n) is 2.50. The zero-order chi connectivity index (χ0) is 10.3. The van der Waals surface area contributed by atoms with Gasteiger partial charge in [0.15, 0.2) is 0 Å². The highest BCUT2D eigenvalue weighted by molar-refractivity contribution is 5.76. The molecule has 1 amide bonds. The van der Waals surface area contributed by atoms with E-state index in [0.717, 1.165) is 5.06 Å². The summed E-state index contributed by atoms with van der Waals surface area (Å²) in [6.45, 7) is 0. The summed E-state index contributed by atoms with van der Waals surface area (Å²) in [6.07, 6.45) is 1.04. The van der Waals surface area contributed by atoms with Crippen molar-refractivity contribution < 1.29 is 19.2 Å². The molecule has 0 aromatic heterocycles. The molecule has 76 valence electrons. The van der Waals surface area contributed by atoms with E-state index in [-0.39, 0.29) is 18.3 Å². The van der Waals surface area contributed by atoms with Gasteiger partial charge in [-0.1, -0.05) is 0 Å². The van der Waals surface area contributed by atoms with Crippen LogP contribution < -0.4 is 0 Å². The monoisotopic (exact) mass is 189 g/mol. The highest BCUT2D eigenvalue weighted by atomic mass is 16.7. The number of hydrogen-bond acceptors (Lipinski definition) is 4. The van der Waals surface area contributed by atoms with Gasteiger partial charge in [-0.25, -0.2) is 5.06 Å². The number of hydroxylamine groups is 2. The molecule has 0 heterocycles. The van der Waals surface area contributed by atoms with Crippen molar-refractivity contribution in [1.29, 1.82) is 0 Å². The third-order valence-electron chi connectivity index (χ3n) is 1.62. The van der Waals surface area contributed by atoms with Crippen molar-refractivity contribution in [3.05, 3.63) is 0 Å². The van der Waals surface area contributed by atoms with Crippen LogP contribution in [0.25, 0.3) is 0 Å². The minimum Gasteiger partial charge on any atom is -0.469 e. The van der Waals surface area contributed by atoms with Gasteiger partial charge in [0, 0.05) is 19.9 Å². The highest BCUT2D eigenvalue weighted by Crippen LogP contribution is 2.00. The third kappa shape index (κ3) is 5.19. The van der Waals surface area contributed by atoms with Gasteiger partial charge in [0.25, 0.3) is 0 Å². The van der Waals surface area contributed by atoms with Crippen LogP contribution in [0.1, 0.15) is 19.3 Å². The van der Waals surface area contributed by atoms with Crippen LogP contribution in [0, 0.1) is 0 Å². The Balaban J connectivity index is 3.53. The van der Waals surface area contributed by atoms with Gasteiger partial charge >= 0.3 is 5.97 Å². The Bertz CT molecular complexity index is 181. The van der Waals surface area contributed by atoms with E-state index in [2.05, 4.69) is 9.57 Å². The Morgan fingerprint density at radius 3 is 2.31 bits per heavy atom. The quantitative estimate of drug-likeness (QED) is 0.462. The van der Waals surface area contributed by atoms with Gasteiger partial charge in [0.1, 0.15) is 0 Å². The molecule has 13 heavy (non-hydrogen) atoms. The molecule has 5 nitrogen and oxygen atoms in total. The minimum atomic E-state index is -0.298. The van der Waals surface area contributed by atoms with Crippen LogP contribution in [-0.2, 0) is 19.2 Å². The summed E-state index contributed by atoms with van der Waals surface area (Å²) in [6, 6.07) is 0. The maximum Gasteiger partial charge on any atom is 0.305 e. The summed E-state index contributed by atoms with van der Waals surface area (Å²) in [4.78, 5) is 26.4. The van der Waals surface area contributed by atoms with Crippen LogP contribution in [0.15, 0.2) is 0 Å². The van der Waals surface area contributed by atoms with E-state index < -0.39 is 0 Å². The Hall–Kier alpha value is -1.10. The van der Waals surface area contributed by atoms with Gasteiger partial charge < -0.3 is 4.74 Å². The Morgan fingerprint density at radius 1 is 1.23 bits per heavy atom. The normalized spacial score (nSPS) is 9.46. The first kappa shape index (κ1) is 11.9. The molecule has 0 spiro atoms. The maximum absolute atomic E-state index is 11.1. The first-order valence-electron chi connectivity index (χ1n) is 3.99. The molecule has 0 saturated heterocycles. The molecule has 0 rings (SSSR count). The number of methoxy groups -OCH3 is 1. The number of esters is 1. The summed E-state index contributed by atoms with van der Waals surface area (Å²) in [7, 11) is 4.27. The number of carbonyl (C=O) groups excluding carboxylic acids is 2. The first-order chi connectivity index (χ1) is 6.11. The summed E-state index contributed by atoms with van der Waals surface area (Å²) >= 11 is 0. The molecule has 0 atom stereocenters. The van der Waals surface area contributed by atoms with Gasteiger partial charge in [0.05, 0.1) is 14.2 Å². The second kappa shape index (κ2) is 6.42. The molecular formula is C8H15NO4. The summed E-state index contributed by atoms with van der Waals surface area (Å²) in [5.74, 6) is -0.445. The van der Waals surface area contributed by atoms with E-state index >= 15 is 0 Å². The van der Waals surface area contributed by atoms with E-state index in [9.17, 15) is 9.59 Å². The van der Waals surface area contributed by atoms with Crippen molar-refractivity contribution in [1.82, 2.24) is 5.06 Å². The van der Waals surface area contributed by atoms with E-state index in [0.29, 0.717) is 12.8 Å². The van der Waals surface area contributed by atoms with Gasteiger partial charge in [-0.05, 0) is 6.42 Å². The Kier molecular flexibility index (Phi) is 5.88. The number of amides is 1. The fourth-order valence-corrected chi connectivity index (χ4v) is 0.745. The Labute approximate surface area is 77.6 Å². The number of hydrogen-bond donors (Lipinski definition) is 0. The number of nitrogens with zero attached hydrogens (tertiary/aromatic N) is 1. The van der Waals surface area contributed by atoms with Crippen LogP contribution in [0.5, 0.6) is 0 Å². The van der Waals surface area contributed by atoms with Crippen molar-refractivity contribution in [2.75, 3.05) is 21.3 Å². The van der Waals surface area contributed by atoms with E-state index in [1.54, 1.807) is 0 Å². The van der Waals surface area contributed by atoms with Crippen molar-refractivity contribution in [3.8, 4) is 0 Å². The summed E-state index contributed by atoms with van der Waals surface area (Å²) in [5, 5.41) is 1.14. The topological polar surface area (TPSA) is 55.8 Å². The number of carbonyl (C=O) groups is 2.